The minimum Gasteiger partial charge on any atom is -0.303 e. The first-order valence-corrected chi connectivity index (χ1v) is 9.76. The number of hydrogen-bond donors (Lipinski definition) is 1. The summed E-state index contributed by atoms with van der Waals surface area (Å²) in [4.78, 5) is 25.5. The molecule has 0 radical (unpaired) electrons. The van der Waals surface area contributed by atoms with E-state index in [9.17, 15) is 26.8 Å². The Balaban J connectivity index is 1.72. The fourth-order valence-electron chi connectivity index (χ4n) is 2.92. The van der Waals surface area contributed by atoms with Crippen LogP contribution >= 0.6 is 0 Å². The molecule has 2 aromatic rings. The quantitative estimate of drug-likeness (QED) is 0.840. The Labute approximate surface area is 154 Å². The summed E-state index contributed by atoms with van der Waals surface area (Å²) in [5.74, 6) is -4.58. The highest BCUT2D eigenvalue weighted by Crippen LogP contribution is 2.27. The number of aryl methyl sites for hydroxylation is 1. The van der Waals surface area contributed by atoms with E-state index in [1.54, 1.807) is 16.9 Å². The third-order valence-corrected chi connectivity index (χ3v) is 5.37. The van der Waals surface area contributed by atoms with Crippen LogP contribution in [0.2, 0.25) is 0 Å². The van der Waals surface area contributed by atoms with Crippen molar-refractivity contribution in [3.8, 4) is 0 Å². The van der Waals surface area contributed by atoms with E-state index in [0.29, 0.717) is 12.1 Å². The van der Waals surface area contributed by atoms with Gasteiger partial charge in [0.1, 0.15) is 6.54 Å². The van der Waals surface area contributed by atoms with Gasteiger partial charge in [-0.2, -0.15) is 0 Å². The number of hydrogen-bond acceptors (Lipinski definition) is 4. The molecule has 0 atom stereocenters. The van der Waals surface area contributed by atoms with E-state index in [4.69, 9.17) is 0 Å². The molecule has 2 amide bonds. The molecule has 0 aromatic heterocycles. The molecular weight excluding hydrogens is 378 g/mol. The van der Waals surface area contributed by atoms with Gasteiger partial charge in [0.25, 0.3) is 5.91 Å². The number of sulfonamides is 1. The molecule has 3 rings (SSSR count). The van der Waals surface area contributed by atoms with Crippen LogP contribution in [-0.4, -0.2) is 26.8 Å². The van der Waals surface area contributed by atoms with Crippen molar-refractivity contribution in [2.75, 3.05) is 11.4 Å². The number of halogens is 2. The monoisotopic (exact) mass is 394 g/mol. The highest BCUT2D eigenvalue weighted by atomic mass is 32.2. The van der Waals surface area contributed by atoms with Gasteiger partial charge in [0.05, 0.1) is 5.75 Å². The third-order valence-electron chi connectivity index (χ3n) is 4.14. The fraction of sp³-hybridized carbons (Fsp3) is 0.222. The minimum absolute atomic E-state index is 0.214. The van der Waals surface area contributed by atoms with Crippen molar-refractivity contribution in [1.29, 1.82) is 0 Å². The number of amides is 2. The Morgan fingerprint density at radius 3 is 2.59 bits per heavy atom. The molecule has 0 saturated heterocycles. The van der Waals surface area contributed by atoms with Crippen molar-refractivity contribution in [2.24, 2.45) is 0 Å². The van der Waals surface area contributed by atoms with Crippen molar-refractivity contribution in [2.45, 2.75) is 18.6 Å². The first kappa shape index (κ1) is 19.0. The van der Waals surface area contributed by atoms with Crippen LogP contribution in [0.1, 0.15) is 17.5 Å². The van der Waals surface area contributed by atoms with Crippen LogP contribution in [0, 0.1) is 11.6 Å². The van der Waals surface area contributed by atoms with Gasteiger partial charge in [0, 0.05) is 17.7 Å². The number of anilines is 1. The molecule has 0 bridgehead atoms. The maximum atomic E-state index is 13.7. The summed E-state index contributed by atoms with van der Waals surface area (Å²) in [5, 5.41) is 0. The van der Waals surface area contributed by atoms with E-state index in [-0.39, 0.29) is 12.3 Å². The van der Waals surface area contributed by atoms with Crippen LogP contribution in [0.3, 0.4) is 0 Å². The van der Waals surface area contributed by atoms with Crippen molar-refractivity contribution < 1.29 is 26.8 Å². The zero-order valence-electron chi connectivity index (χ0n) is 14.1. The van der Waals surface area contributed by atoms with Crippen molar-refractivity contribution in [3.05, 3.63) is 65.2 Å². The highest BCUT2D eigenvalue weighted by molar-refractivity contribution is 7.89. The minimum atomic E-state index is -4.26. The van der Waals surface area contributed by atoms with E-state index in [0.717, 1.165) is 17.7 Å². The number of benzene rings is 2. The summed E-state index contributed by atoms with van der Waals surface area (Å²) in [5.41, 5.74) is 1.04. The number of carbonyl (C=O) groups is 2. The Morgan fingerprint density at radius 2 is 1.81 bits per heavy atom. The maximum Gasteiger partial charge on any atom is 0.253 e. The molecule has 0 aliphatic carbocycles. The van der Waals surface area contributed by atoms with Crippen LogP contribution in [-0.2, 0) is 31.8 Å². The summed E-state index contributed by atoms with van der Waals surface area (Å²) in [7, 11) is -4.26. The SMILES string of the molecule is O=C(CN1C(=O)CCc2ccccc21)NS(=O)(=O)Cc1cccc(F)c1F. The molecule has 1 aliphatic rings. The van der Waals surface area contributed by atoms with Gasteiger partial charge in [0.2, 0.25) is 15.9 Å². The normalized spacial score (nSPS) is 14.0. The molecule has 6 nitrogen and oxygen atoms in total. The predicted octanol–water partition coefficient (Wildman–Crippen LogP) is 1.89. The first-order chi connectivity index (χ1) is 12.8. The third kappa shape index (κ3) is 4.30. The average Bonchev–Trinajstić information content (AvgIpc) is 2.61. The van der Waals surface area contributed by atoms with E-state index in [2.05, 4.69) is 0 Å². The highest BCUT2D eigenvalue weighted by Gasteiger charge is 2.27. The molecule has 2 aromatic carbocycles. The Kier molecular flexibility index (Phi) is 5.22. The first-order valence-electron chi connectivity index (χ1n) is 8.11. The lowest BCUT2D eigenvalue weighted by Gasteiger charge is -2.28. The molecular formula is C18H16F2N2O4S. The largest absolute Gasteiger partial charge is 0.303 e. The van der Waals surface area contributed by atoms with E-state index in [1.165, 1.54) is 11.0 Å². The lowest BCUT2D eigenvalue weighted by Crippen LogP contribution is -2.44. The summed E-state index contributed by atoms with van der Waals surface area (Å²) < 4.78 is 52.9. The molecule has 1 heterocycles. The van der Waals surface area contributed by atoms with E-state index < -0.39 is 45.4 Å². The molecule has 1 aliphatic heterocycles. The smallest absolute Gasteiger partial charge is 0.253 e. The second-order valence-electron chi connectivity index (χ2n) is 6.11. The summed E-state index contributed by atoms with van der Waals surface area (Å²) >= 11 is 0. The molecule has 0 spiro atoms. The van der Waals surface area contributed by atoms with Crippen molar-refractivity contribution >= 4 is 27.5 Å². The van der Waals surface area contributed by atoms with Crippen LogP contribution in [0.5, 0.6) is 0 Å². The molecule has 9 heteroatoms. The van der Waals surface area contributed by atoms with Crippen LogP contribution in [0.25, 0.3) is 0 Å². The van der Waals surface area contributed by atoms with E-state index in [1.807, 2.05) is 12.1 Å². The van der Waals surface area contributed by atoms with E-state index >= 15 is 0 Å². The molecule has 1 N–H and O–H groups in total. The van der Waals surface area contributed by atoms with Crippen molar-refractivity contribution in [1.82, 2.24) is 4.72 Å². The number of rotatable bonds is 5. The van der Waals surface area contributed by atoms with Gasteiger partial charge in [-0.05, 0) is 24.1 Å². The second kappa shape index (κ2) is 7.43. The fourth-order valence-corrected chi connectivity index (χ4v) is 4.04. The summed E-state index contributed by atoms with van der Waals surface area (Å²) in [6.07, 6.45) is 0.760. The number of nitrogens with one attached hydrogen (secondary N) is 1. The van der Waals surface area contributed by atoms with Crippen LogP contribution < -0.4 is 9.62 Å². The van der Waals surface area contributed by atoms with Crippen LogP contribution in [0.4, 0.5) is 14.5 Å². The Morgan fingerprint density at radius 1 is 1.07 bits per heavy atom. The van der Waals surface area contributed by atoms with Gasteiger partial charge in [-0.25, -0.2) is 17.2 Å². The number of nitrogens with zero attached hydrogens (tertiary/aromatic N) is 1. The van der Waals surface area contributed by atoms with Gasteiger partial charge in [-0.1, -0.05) is 30.3 Å². The van der Waals surface area contributed by atoms with Crippen molar-refractivity contribution in [3.63, 3.8) is 0 Å². The Bertz CT molecular complexity index is 1010. The van der Waals surface area contributed by atoms with Gasteiger partial charge in [0.15, 0.2) is 11.6 Å². The summed E-state index contributed by atoms with van der Waals surface area (Å²) in [6.45, 7) is -0.485. The maximum absolute atomic E-state index is 13.7. The Hall–Kier alpha value is -2.81. The molecule has 0 saturated carbocycles. The lowest BCUT2D eigenvalue weighted by atomic mass is 10.0. The average molecular weight is 394 g/mol. The molecule has 27 heavy (non-hydrogen) atoms. The zero-order valence-corrected chi connectivity index (χ0v) is 14.9. The number of para-hydroxylation sites is 1. The van der Waals surface area contributed by atoms with Gasteiger partial charge < -0.3 is 4.90 Å². The predicted molar refractivity (Wildman–Crippen MR) is 94.2 cm³/mol. The van der Waals surface area contributed by atoms with Gasteiger partial charge in [-0.3, -0.25) is 14.3 Å². The standard InChI is InChI=1S/C18H16F2N2O4S/c19-14-6-3-5-13(18(14)20)11-27(25,26)21-16(23)10-22-15-7-2-1-4-12(15)8-9-17(22)24/h1-7H,8-11H2,(H,21,23). The lowest BCUT2D eigenvalue weighted by molar-refractivity contribution is -0.123. The second-order valence-corrected chi connectivity index (χ2v) is 7.83. The molecule has 142 valence electrons. The molecule has 0 unspecified atom stereocenters. The number of fused-ring (bicyclic) bond motifs is 1. The zero-order chi connectivity index (χ0) is 19.6. The molecule has 0 fully saturated rings. The number of carbonyl (C=O) groups excluding carboxylic acids is 2. The van der Waals surface area contributed by atoms with Gasteiger partial charge >= 0.3 is 0 Å². The topological polar surface area (TPSA) is 83.6 Å². The summed E-state index contributed by atoms with van der Waals surface area (Å²) in [6, 6.07) is 10.2. The van der Waals surface area contributed by atoms with Gasteiger partial charge in [-0.15, -0.1) is 0 Å². The van der Waals surface area contributed by atoms with Crippen LogP contribution in [0.15, 0.2) is 42.5 Å².